The summed E-state index contributed by atoms with van der Waals surface area (Å²) in [6.45, 7) is 7.26. The molecule has 0 amide bonds. The topological polar surface area (TPSA) is 34.1 Å². The zero-order chi connectivity index (χ0) is 10.9. The Morgan fingerprint density at radius 2 is 2.40 bits per heavy atom. The summed E-state index contributed by atoms with van der Waals surface area (Å²) in [5.41, 5.74) is 0. The Balaban J connectivity index is 2.39. The molecule has 0 bridgehead atoms. The predicted octanol–water partition coefficient (Wildman–Crippen LogP) is 2.86. The lowest BCUT2D eigenvalue weighted by Gasteiger charge is -2.06. The number of allylic oxidation sites excluding steroid dienone is 1. The van der Waals surface area contributed by atoms with Crippen LogP contribution >= 0.6 is 0 Å². The molecule has 0 atom stereocenters. The van der Waals surface area contributed by atoms with E-state index >= 15 is 0 Å². The maximum atomic E-state index is 5.50. The first-order valence-electron chi connectivity index (χ1n) is 5.31. The highest BCUT2D eigenvalue weighted by molar-refractivity contribution is 5.36. The van der Waals surface area contributed by atoms with Crippen molar-refractivity contribution in [2.45, 2.75) is 19.8 Å². The number of anilines is 1. The van der Waals surface area contributed by atoms with E-state index in [-0.39, 0.29) is 0 Å². The largest absolute Gasteiger partial charge is 0.478 e. The Morgan fingerprint density at radius 3 is 3.13 bits per heavy atom. The molecule has 0 saturated heterocycles. The molecule has 0 aliphatic heterocycles. The van der Waals surface area contributed by atoms with Crippen LogP contribution in [0.1, 0.15) is 19.8 Å². The molecular weight excluding hydrogens is 188 g/mol. The van der Waals surface area contributed by atoms with E-state index in [1.54, 1.807) is 0 Å². The summed E-state index contributed by atoms with van der Waals surface area (Å²) >= 11 is 0. The third-order valence-electron chi connectivity index (χ3n) is 1.88. The monoisotopic (exact) mass is 206 g/mol. The fraction of sp³-hybridized carbons (Fsp3) is 0.417. The summed E-state index contributed by atoms with van der Waals surface area (Å²) in [5, 5.41) is 3.14. The van der Waals surface area contributed by atoms with Gasteiger partial charge in [0.15, 0.2) is 0 Å². The van der Waals surface area contributed by atoms with Crippen LogP contribution in [0.3, 0.4) is 0 Å². The molecule has 1 rings (SSSR count). The molecule has 0 radical (unpaired) electrons. The summed E-state index contributed by atoms with van der Waals surface area (Å²) in [6.07, 6.45) is 3.86. The molecule has 0 spiro atoms. The van der Waals surface area contributed by atoms with Gasteiger partial charge in [0.2, 0.25) is 5.88 Å². The van der Waals surface area contributed by atoms with Crippen molar-refractivity contribution >= 4 is 5.82 Å². The average Bonchev–Trinajstić information content (AvgIpc) is 2.26. The van der Waals surface area contributed by atoms with Crippen molar-refractivity contribution in [2.24, 2.45) is 0 Å². The number of rotatable bonds is 7. The molecule has 82 valence electrons. The normalized spacial score (nSPS) is 9.67. The molecule has 0 aliphatic carbocycles. The van der Waals surface area contributed by atoms with Crippen LogP contribution in [-0.4, -0.2) is 18.1 Å². The van der Waals surface area contributed by atoms with Gasteiger partial charge >= 0.3 is 0 Å². The molecule has 1 aromatic rings. The highest BCUT2D eigenvalue weighted by Gasteiger charge is 1.96. The zero-order valence-electron chi connectivity index (χ0n) is 9.20. The minimum absolute atomic E-state index is 0.678. The van der Waals surface area contributed by atoms with Crippen LogP contribution in [-0.2, 0) is 0 Å². The van der Waals surface area contributed by atoms with E-state index in [4.69, 9.17) is 4.74 Å². The van der Waals surface area contributed by atoms with E-state index in [1.807, 2.05) is 31.2 Å². The number of unbranched alkanes of at least 4 members (excludes halogenated alkanes) is 1. The second kappa shape index (κ2) is 6.87. The molecule has 0 aliphatic rings. The Morgan fingerprint density at radius 1 is 1.53 bits per heavy atom. The van der Waals surface area contributed by atoms with Gasteiger partial charge in [0, 0.05) is 12.6 Å². The quantitative estimate of drug-likeness (QED) is 0.550. The minimum Gasteiger partial charge on any atom is -0.478 e. The van der Waals surface area contributed by atoms with Gasteiger partial charge in [0.1, 0.15) is 5.82 Å². The van der Waals surface area contributed by atoms with Crippen molar-refractivity contribution in [3.63, 3.8) is 0 Å². The lowest BCUT2D eigenvalue weighted by atomic mass is 10.3. The van der Waals surface area contributed by atoms with Gasteiger partial charge in [-0.05, 0) is 25.8 Å². The number of ether oxygens (including phenoxy) is 1. The smallest absolute Gasteiger partial charge is 0.215 e. The number of hydrogen-bond donors (Lipinski definition) is 1. The average molecular weight is 206 g/mol. The number of nitrogens with one attached hydrogen (secondary N) is 1. The Labute approximate surface area is 91.2 Å². The van der Waals surface area contributed by atoms with Crippen molar-refractivity contribution < 1.29 is 4.74 Å². The lowest BCUT2D eigenvalue weighted by Crippen LogP contribution is -2.02. The van der Waals surface area contributed by atoms with Gasteiger partial charge < -0.3 is 10.1 Å². The van der Waals surface area contributed by atoms with Gasteiger partial charge in [-0.3, -0.25) is 0 Å². The second-order valence-corrected chi connectivity index (χ2v) is 3.17. The molecule has 15 heavy (non-hydrogen) atoms. The van der Waals surface area contributed by atoms with E-state index in [2.05, 4.69) is 16.9 Å². The summed E-state index contributed by atoms with van der Waals surface area (Å²) in [6, 6.07) is 5.74. The summed E-state index contributed by atoms with van der Waals surface area (Å²) < 4.78 is 5.50. The van der Waals surface area contributed by atoms with Gasteiger partial charge in [-0.15, -0.1) is 6.58 Å². The SMILES string of the molecule is C=CCCCOc1cccc(NCC)n1. The molecule has 0 unspecified atom stereocenters. The summed E-state index contributed by atoms with van der Waals surface area (Å²) in [4.78, 5) is 4.30. The van der Waals surface area contributed by atoms with Gasteiger partial charge in [0.25, 0.3) is 0 Å². The Bertz CT molecular complexity index is 299. The Hall–Kier alpha value is -1.51. The highest BCUT2D eigenvalue weighted by atomic mass is 16.5. The van der Waals surface area contributed by atoms with Crippen LogP contribution in [0.4, 0.5) is 5.82 Å². The lowest BCUT2D eigenvalue weighted by molar-refractivity contribution is 0.301. The van der Waals surface area contributed by atoms with Crippen molar-refractivity contribution in [2.75, 3.05) is 18.5 Å². The molecule has 0 fully saturated rings. The Kier molecular flexibility index (Phi) is 5.30. The van der Waals surface area contributed by atoms with Crippen LogP contribution in [0, 0.1) is 0 Å². The third-order valence-corrected chi connectivity index (χ3v) is 1.88. The van der Waals surface area contributed by atoms with Crippen molar-refractivity contribution in [1.29, 1.82) is 0 Å². The summed E-state index contributed by atoms with van der Waals surface area (Å²) in [5.74, 6) is 1.54. The maximum Gasteiger partial charge on any atom is 0.215 e. The minimum atomic E-state index is 0.678. The van der Waals surface area contributed by atoms with Gasteiger partial charge in [-0.2, -0.15) is 4.98 Å². The van der Waals surface area contributed by atoms with E-state index < -0.39 is 0 Å². The predicted molar refractivity (Wildman–Crippen MR) is 63.3 cm³/mol. The molecule has 1 heterocycles. The van der Waals surface area contributed by atoms with E-state index in [1.165, 1.54) is 0 Å². The standard InChI is InChI=1S/C12H18N2O/c1-3-5-6-10-15-12-9-7-8-11(14-12)13-4-2/h3,7-9H,1,4-6,10H2,2H3,(H,13,14). The first kappa shape index (κ1) is 11.6. The molecule has 1 aromatic heterocycles. The zero-order valence-corrected chi connectivity index (χ0v) is 9.20. The van der Waals surface area contributed by atoms with E-state index in [9.17, 15) is 0 Å². The highest BCUT2D eigenvalue weighted by Crippen LogP contribution is 2.11. The fourth-order valence-electron chi connectivity index (χ4n) is 1.18. The van der Waals surface area contributed by atoms with Crippen molar-refractivity contribution in [1.82, 2.24) is 4.98 Å². The molecule has 0 aromatic carbocycles. The summed E-state index contributed by atoms with van der Waals surface area (Å²) in [7, 11) is 0. The van der Waals surface area contributed by atoms with Crippen LogP contribution in [0.5, 0.6) is 5.88 Å². The molecular formula is C12H18N2O. The number of pyridine rings is 1. The number of aromatic nitrogens is 1. The number of nitrogens with zero attached hydrogens (tertiary/aromatic N) is 1. The van der Waals surface area contributed by atoms with Crippen LogP contribution < -0.4 is 10.1 Å². The van der Waals surface area contributed by atoms with Crippen molar-refractivity contribution in [3.05, 3.63) is 30.9 Å². The van der Waals surface area contributed by atoms with E-state index in [0.29, 0.717) is 12.5 Å². The molecule has 3 heteroatoms. The van der Waals surface area contributed by atoms with Gasteiger partial charge in [-0.1, -0.05) is 12.1 Å². The maximum absolute atomic E-state index is 5.50. The first-order chi connectivity index (χ1) is 7.36. The van der Waals surface area contributed by atoms with Gasteiger partial charge in [0.05, 0.1) is 6.61 Å². The molecule has 0 saturated carbocycles. The third kappa shape index (κ3) is 4.49. The molecule has 3 nitrogen and oxygen atoms in total. The molecule has 1 N–H and O–H groups in total. The van der Waals surface area contributed by atoms with Crippen LogP contribution in [0.15, 0.2) is 30.9 Å². The number of hydrogen-bond acceptors (Lipinski definition) is 3. The van der Waals surface area contributed by atoms with Crippen LogP contribution in [0.2, 0.25) is 0 Å². The first-order valence-corrected chi connectivity index (χ1v) is 5.31. The van der Waals surface area contributed by atoms with Gasteiger partial charge in [-0.25, -0.2) is 0 Å². The van der Waals surface area contributed by atoms with E-state index in [0.717, 1.165) is 25.2 Å². The fourth-order valence-corrected chi connectivity index (χ4v) is 1.18. The van der Waals surface area contributed by atoms with Crippen molar-refractivity contribution in [3.8, 4) is 5.88 Å². The van der Waals surface area contributed by atoms with Crippen LogP contribution in [0.25, 0.3) is 0 Å². The second-order valence-electron chi connectivity index (χ2n) is 3.17.